The molecule has 1 N–H and O–H groups in total. The largest absolute Gasteiger partial charge is 0.383 e. The summed E-state index contributed by atoms with van der Waals surface area (Å²) in [6, 6.07) is 8.80. The van der Waals surface area contributed by atoms with Crippen LogP contribution in [0.25, 0.3) is 0 Å². The van der Waals surface area contributed by atoms with Crippen molar-refractivity contribution in [3.63, 3.8) is 0 Å². The van der Waals surface area contributed by atoms with E-state index in [2.05, 4.69) is 0 Å². The first-order valence-electron chi connectivity index (χ1n) is 3.51. The van der Waals surface area contributed by atoms with Crippen molar-refractivity contribution in [3.8, 4) is 0 Å². The Bertz CT molecular complexity index is 218. The van der Waals surface area contributed by atoms with Crippen molar-refractivity contribution in [3.05, 3.63) is 35.9 Å². The van der Waals surface area contributed by atoms with Crippen LogP contribution in [-0.4, -0.2) is 11.8 Å². The van der Waals surface area contributed by atoms with Gasteiger partial charge in [0.15, 0.2) is 0 Å². The normalized spacial score (nSPS) is 15.9. The molecule has 0 aliphatic carbocycles. The van der Waals surface area contributed by atoms with Gasteiger partial charge in [-0.1, -0.05) is 30.3 Å². The van der Waals surface area contributed by atoms with E-state index >= 15 is 0 Å². The third kappa shape index (κ3) is 1.77. The molecule has 0 fully saturated rings. The molecule has 1 rings (SSSR count). The SMILES string of the molecule is C[C@@](O)(CF)c1ccccc1. The second-order valence-electron chi connectivity index (χ2n) is 2.77. The van der Waals surface area contributed by atoms with Gasteiger partial charge in [-0.15, -0.1) is 0 Å². The average Bonchev–Trinajstić information content (AvgIpc) is 2.06. The highest BCUT2D eigenvalue weighted by molar-refractivity contribution is 5.21. The molecule has 0 amide bonds. The molecule has 2 heteroatoms. The quantitative estimate of drug-likeness (QED) is 0.689. The van der Waals surface area contributed by atoms with E-state index in [1.54, 1.807) is 24.3 Å². The molecular formula is C9H11FO. The number of benzene rings is 1. The van der Waals surface area contributed by atoms with Gasteiger partial charge in [-0.2, -0.15) is 0 Å². The maximum atomic E-state index is 12.2. The van der Waals surface area contributed by atoms with Gasteiger partial charge < -0.3 is 5.11 Å². The zero-order valence-electron chi connectivity index (χ0n) is 6.42. The standard InChI is InChI=1S/C9H11FO/c1-9(11,7-10)8-5-3-2-4-6-8/h2-6,11H,7H2,1H3/t9-/m1/s1. The van der Waals surface area contributed by atoms with Crippen LogP contribution in [0.1, 0.15) is 12.5 Å². The highest BCUT2D eigenvalue weighted by Crippen LogP contribution is 2.19. The molecule has 0 saturated heterocycles. The van der Waals surface area contributed by atoms with Crippen LogP contribution in [0.5, 0.6) is 0 Å². The minimum atomic E-state index is -1.33. The summed E-state index contributed by atoms with van der Waals surface area (Å²) in [5, 5.41) is 9.42. The van der Waals surface area contributed by atoms with E-state index in [4.69, 9.17) is 0 Å². The van der Waals surface area contributed by atoms with Gasteiger partial charge >= 0.3 is 0 Å². The Kier molecular flexibility index (Phi) is 2.25. The summed E-state index contributed by atoms with van der Waals surface area (Å²) in [5.74, 6) is 0. The fourth-order valence-corrected chi connectivity index (χ4v) is 0.874. The molecule has 0 aliphatic heterocycles. The molecule has 0 aromatic heterocycles. The van der Waals surface area contributed by atoms with Crippen LogP contribution in [-0.2, 0) is 5.60 Å². The molecule has 0 unspecified atom stereocenters. The Morgan fingerprint density at radius 2 is 1.91 bits per heavy atom. The van der Waals surface area contributed by atoms with Crippen molar-refractivity contribution in [2.75, 3.05) is 6.67 Å². The third-order valence-electron chi connectivity index (χ3n) is 1.66. The number of alkyl halides is 1. The maximum absolute atomic E-state index is 12.2. The number of hydrogen-bond acceptors (Lipinski definition) is 1. The molecule has 1 aromatic carbocycles. The fourth-order valence-electron chi connectivity index (χ4n) is 0.874. The van der Waals surface area contributed by atoms with Crippen LogP contribution in [0.3, 0.4) is 0 Å². The van der Waals surface area contributed by atoms with Crippen molar-refractivity contribution in [1.29, 1.82) is 0 Å². The van der Waals surface area contributed by atoms with E-state index in [0.29, 0.717) is 5.56 Å². The average molecular weight is 154 g/mol. The Morgan fingerprint density at radius 3 is 2.36 bits per heavy atom. The second-order valence-corrected chi connectivity index (χ2v) is 2.77. The molecule has 11 heavy (non-hydrogen) atoms. The molecule has 0 radical (unpaired) electrons. The van der Waals surface area contributed by atoms with Crippen molar-refractivity contribution >= 4 is 0 Å². The van der Waals surface area contributed by atoms with E-state index in [9.17, 15) is 9.50 Å². The Morgan fingerprint density at radius 1 is 1.36 bits per heavy atom. The Balaban J connectivity index is 2.93. The van der Waals surface area contributed by atoms with Crippen LogP contribution >= 0.6 is 0 Å². The van der Waals surface area contributed by atoms with Crippen LogP contribution in [0.15, 0.2) is 30.3 Å². The molecule has 0 bridgehead atoms. The molecule has 1 aromatic rings. The Hall–Kier alpha value is -0.890. The summed E-state index contributed by atoms with van der Waals surface area (Å²) in [7, 11) is 0. The molecule has 0 heterocycles. The Labute approximate surface area is 65.5 Å². The van der Waals surface area contributed by atoms with E-state index in [1.807, 2.05) is 6.07 Å². The predicted molar refractivity (Wildman–Crippen MR) is 42.0 cm³/mol. The molecule has 60 valence electrons. The lowest BCUT2D eigenvalue weighted by molar-refractivity contribution is 0.0300. The van der Waals surface area contributed by atoms with Gasteiger partial charge in [0, 0.05) is 0 Å². The van der Waals surface area contributed by atoms with E-state index in [-0.39, 0.29) is 0 Å². The van der Waals surface area contributed by atoms with Crippen molar-refractivity contribution in [1.82, 2.24) is 0 Å². The van der Waals surface area contributed by atoms with Crippen molar-refractivity contribution in [2.45, 2.75) is 12.5 Å². The fraction of sp³-hybridized carbons (Fsp3) is 0.333. The summed E-state index contributed by atoms with van der Waals surface area (Å²) in [4.78, 5) is 0. The first kappa shape index (κ1) is 8.21. The third-order valence-corrected chi connectivity index (χ3v) is 1.66. The molecule has 1 atom stereocenters. The summed E-state index contributed by atoms with van der Waals surface area (Å²) >= 11 is 0. The zero-order chi connectivity index (χ0) is 8.32. The van der Waals surface area contributed by atoms with E-state index < -0.39 is 12.3 Å². The van der Waals surface area contributed by atoms with Gasteiger partial charge in [-0.25, -0.2) is 4.39 Å². The van der Waals surface area contributed by atoms with Gasteiger partial charge in [0.1, 0.15) is 12.3 Å². The number of hydrogen-bond donors (Lipinski definition) is 1. The number of rotatable bonds is 2. The minimum absolute atomic E-state index is 0.613. The number of halogens is 1. The van der Waals surface area contributed by atoms with E-state index in [1.165, 1.54) is 6.92 Å². The smallest absolute Gasteiger partial charge is 0.122 e. The molecule has 1 nitrogen and oxygen atoms in total. The highest BCUT2D eigenvalue weighted by Gasteiger charge is 2.21. The number of aliphatic hydroxyl groups is 1. The first-order chi connectivity index (χ1) is 5.17. The summed E-state index contributed by atoms with van der Waals surface area (Å²) in [6.45, 7) is 0.708. The minimum Gasteiger partial charge on any atom is -0.383 e. The predicted octanol–water partition coefficient (Wildman–Crippen LogP) is 1.86. The lowest BCUT2D eigenvalue weighted by atomic mass is 9.98. The molecule has 0 saturated carbocycles. The maximum Gasteiger partial charge on any atom is 0.122 e. The monoisotopic (exact) mass is 154 g/mol. The topological polar surface area (TPSA) is 20.2 Å². The van der Waals surface area contributed by atoms with Crippen molar-refractivity contribution < 1.29 is 9.50 Å². The van der Waals surface area contributed by atoms with E-state index in [0.717, 1.165) is 0 Å². The van der Waals surface area contributed by atoms with Crippen LogP contribution < -0.4 is 0 Å². The summed E-state index contributed by atoms with van der Waals surface area (Å²) in [6.07, 6.45) is 0. The van der Waals surface area contributed by atoms with Crippen LogP contribution in [0.4, 0.5) is 4.39 Å². The zero-order valence-corrected chi connectivity index (χ0v) is 6.42. The van der Waals surface area contributed by atoms with Crippen LogP contribution in [0, 0.1) is 0 Å². The van der Waals surface area contributed by atoms with Crippen LogP contribution in [0.2, 0.25) is 0 Å². The molecule has 0 aliphatic rings. The van der Waals surface area contributed by atoms with Gasteiger partial charge in [-0.05, 0) is 12.5 Å². The summed E-state index contributed by atoms with van der Waals surface area (Å²) < 4.78 is 12.2. The van der Waals surface area contributed by atoms with Gasteiger partial charge in [0.25, 0.3) is 0 Å². The lowest BCUT2D eigenvalue weighted by Crippen LogP contribution is -2.23. The first-order valence-corrected chi connectivity index (χ1v) is 3.51. The van der Waals surface area contributed by atoms with Gasteiger partial charge in [0.2, 0.25) is 0 Å². The molecule has 0 spiro atoms. The lowest BCUT2D eigenvalue weighted by Gasteiger charge is -2.18. The van der Waals surface area contributed by atoms with Crippen molar-refractivity contribution in [2.24, 2.45) is 0 Å². The summed E-state index contributed by atoms with van der Waals surface area (Å²) in [5.41, 5.74) is -0.719. The van der Waals surface area contributed by atoms with Gasteiger partial charge in [-0.3, -0.25) is 0 Å². The second kappa shape index (κ2) is 3.01. The highest BCUT2D eigenvalue weighted by atomic mass is 19.1. The molecular weight excluding hydrogens is 143 g/mol. The van der Waals surface area contributed by atoms with Gasteiger partial charge in [0.05, 0.1) is 0 Å².